The number of carbonyl (C=O) groups excluding carboxylic acids is 1. The van der Waals surface area contributed by atoms with Crippen LogP contribution in [0.15, 0.2) is 36.7 Å². The molecule has 0 atom stereocenters. The van der Waals surface area contributed by atoms with Crippen LogP contribution in [0, 0.1) is 6.92 Å². The third kappa shape index (κ3) is 2.52. The fourth-order valence-corrected chi connectivity index (χ4v) is 2.25. The zero-order valence-corrected chi connectivity index (χ0v) is 11.8. The zero-order valence-electron chi connectivity index (χ0n) is 11.8. The van der Waals surface area contributed by atoms with Crippen molar-refractivity contribution in [2.24, 2.45) is 0 Å². The van der Waals surface area contributed by atoms with Crippen LogP contribution in [-0.2, 0) is 4.79 Å². The molecule has 100 valence electrons. The Balaban J connectivity index is 2.54. The van der Waals surface area contributed by atoms with Gasteiger partial charge in [0, 0.05) is 30.9 Å². The van der Waals surface area contributed by atoms with Gasteiger partial charge in [-0.25, -0.2) is 14.7 Å². The van der Waals surface area contributed by atoms with Crippen molar-refractivity contribution in [1.82, 2.24) is 9.66 Å². The second-order valence-corrected chi connectivity index (χ2v) is 4.87. The molecule has 1 heterocycles. The Bertz CT molecular complexity index is 587. The van der Waals surface area contributed by atoms with E-state index in [4.69, 9.17) is 0 Å². The van der Waals surface area contributed by atoms with Gasteiger partial charge < -0.3 is 0 Å². The van der Waals surface area contributed by atoms with E-state index in [1.165, 1.54) is 0 Å². The highest BCUT2D eigenvalue weighted by Gasteiger charge is 2.19. The number of benzene rings is 1. The first-order valence-electron chi connectivity index (χ1n) is 6.41. The van der Waals surface area contributed by atoms with Crippen LogP contribution in [0.5, 0.6) is 0 Å². The highest BCUT2D eigenvalue weighted by atomic mass is 16.2. The minimum atomic E-state index is 0.00262. The first kappa shape index (κ1) is 13.3. The van der Waals surface area contributed by atoms with Crippen molar-refractivity contribution in [2.45, 2.75) is 33.7 Å². The van der Waals surface area contributed by atoms with Crippen LogP contribution in [0.4, 0.5) is 0 Å². The van der Waals surface area contributed by atoms with E-state index >= 15 is 0 Å². The summed E-state index contributed by atoms with van der Waals surface area (Å²) in [7, 11) is 0. The van der Waals surface area contributed by atoms with E-state index in [2.05, 4.69) is 4.98 Å². The Morgan fingerprint density at radius 2 is 2.00 bits per heavy atom. The number of amides is 1. The van der Waals surface area contributed by atoms with Crippen LogP contribution < -0.4 is 5.01 Å². The molecule has 0 spiro atoms. The molecule has 0 unspecified atom stereocenters. The molecular weight excluding hydrogens is 238 g/mol. The van der Waals surface area contributed by atoms with Gasteiger partial charge in [-0.15, -0.1) is 0 Å². The lowest BCUT2D eigenvalue weighted by Crippen LogP contribution is -2.44. The molecule has 0 bridgehead atoms. The molecule has 0 radical (unpaired) electrons. The summed E-state index contributed by atoms with van der Waals surface area (Å²) >= 11 is 0. The molecule has 0 saturated heterocycles. The van der Waals surface area contributed by atoms with Crippen LogP contribution in [0.25, 0.3) is 11.4 Å². The lowest BCUT2D eigenvalue weighted by molar-refractivity contribution is -0.118. The Kier molecular flexibility index (Phi) is 3.69. The number of carbonyl (C=O) groups is 1. The summed E-state index contributed by atoms with van der Waals surface area (Å²) < 4.78 is 1.83. The van der Waals surface area contributed by atoms with Gasteiger partial charge in [0.1, 0.15) is 0 Å². The fourth-order valence-electron chi connectivity index (χ4n) is 2.25. The first-order chi connectivity index (χ1) is 9.02. The summed E-state index contributed by atoms with van der Waals surface area (Å²) in [5.41, 5.74) is 2.18. The van der Waals surface area contributed by atoms with Crippen molar-refractivity contribution in [3.8, 4) is 11.4 Å². The third-order valence-electron chi connectivity index (χ3n) is 3.05. The Labute approximate surface area is 113 Å². The molecule has 19 heavy (non-hydrogen) atoms. The van der Waals surface area contributed by atoms with Gasteiger partial charge in [-0.3, -0.25) is 4.79 Å². The molecule has 1 amide bonds. The van der Waals surface area contributed by atoms with Gasteiger partial charge in [-0.2, -0.15) is 0 Å². The van der Waals surface area contributed by atoms with Crippen molar-refractivity contribution < 1.29 is 4.79 Å². The topological polar surface area (TPSA) is 38.1 Å². The Morgan fingerprint density at radius 3 is 2.58 bits per heavy atom. The van der Waals surface area contributed by atoms with Crippen molar-refractivity contribution >= 4 is 5.91 Å². The number of hydrogen-bond donors (Lipinski definition) is 0. The molecule has 4 nitrogen and oxygen atoms in total. The molecule has 1 aromatic heterocycles. The maximum atomic E-state index is 11.8. The van der Waals surface area contributed by atoms with Crippen molar-refractivity contribution in [1.29, 1.82) is 0 Å². The van der Waals surface area contributed by atoms with E-state index in [0.29, 0.717) is 0 Å². The van der Waals surface area contributed by atoms with E-state index in [9.17, 15) is 4.79 Å². The number of hydrogen-bond acceptors (Lipinski definition) is 2. The second-order valence-electron chi connectivity index (χ2n) is 4.87. The summed E-state index contributed by atoms with van der Waals surface area (Å²) in [5, 5.41) is 1.70. The summed E-state index contributed by atoms with van der Waals surface area (Å²) in [6.45, 7) is 7.59. The molecule has 0 N–H and O–H groups in total. The minimum absolute atomic E-state index is 0.00262. The second kappa shape index (κ2) is 5.26. The summed E-state index contributed by atoms with van der Waals surface area (Å²) in [6, 6.07) is 8.12. The van der Waals surface area contributed by atoms with Gasteiger partial charge in [0.05, 0.1) is 0 Å². The van der Waals surface area contributed by atoms with Gasteiger partial charge >= 0.3 is 0 Å². The SMILES string of the molecule is CC(=O)N(C(C)C)n1ccnc1-c1ccccc1C. The van der Waals surface area contributed by atoms with E-state index in [1.807, 2.05) is 55.9 Å². The van der Waals surface area contributed by atoms with Crippen LogP contribution in [0.3, 0.4) is 0 Å². The lowest BCUT2D eigenvalue weighted by atomic mass is 10.1. The monoisotopic (exact) mass is 257 g/mol. The molecule has 0 aliphatic heterocycles. The maximum absolute atomic E-state index is 11.8. The smallest absolute Gasteiger partial charge is 0.238 e. The zero-order chi connectivity index (χ0) is 14.0. The number of imidazole rings is 1. The third-order valence-corrected chi connectivity index (χ3v) is 3.05. The molecule has 0 fully saturated rings. The molecule has 0 aliphatic carbocycles. The van der Waals surface area contributed by atoms with E-state index in [0.717, 1.165) is 17.0 Å². The summed E-state index contributed by atoms with van der Waals surface area (Å²) in [4.78, 5) is 16.2. The minimum Gasteiger partial charge on any atom is -0.273 e. The fraction of sp³-hybridized carbons (Fsp3) is 0.333. The molecule has 1 aromatic carbocycles. The first-order valence-corrected chi connectivity index (χ1v) is 6.41. The molecular formula is C15H19N3O. The molecule has 0 saturated carbocycles. The highest BCUT2D eigenvalue weighted by Crippen LogP contribution is 2.22. The number of nitrogens with zero attached hydrogens (tertiary/aromatic N) is 3. The Morgan fingerprint density at radius 1 is 1.32 bits per heavy atom. The Hall–Kier alpha value is -2.10. The largest absolute Gasteiger partial charge is 0.273 e. The average Bonchev–Trinajstić information content (AvgIpc) is 2.77. The van der Waals surface area contributed by atoms with Crippen LogP contribution in [0.1, 0.15) is 26.3 Å². The predicted octanol–water partition coefficient (Wildman–Crippen LogP) is 2.75. The van der Waals surface area contributed by atoms with Gasteiger partial charge in [-0.05, 0) is 26.3 Å². The number of aromatic nitrogens is 2. The highest BCUT2D eigenvalue weighted by molar-refractivity contribution is 5.84. The van der Waals surface area contributed by atoms with Crippen molar-refractivity contribution in [2.75, 3.05) is 5.01 Å². The van der Waals surface area contributed by atoms with Gasteiger partial charge in [0.15, 0.2) is 5.82 Å². The quantitative estimate of drug-likeness (QED) is 0.848. The van der Waals surface area contributed by atoms with Gasteiger partial charge in [0.25, 0.3) is 0 Å². The standard InChI is InChI=1S/C15H19N3O/c1-11(2)18(13(4)19)17-10-9-16-15(17)14-8-6-5-7-12(14)3/h5-11H,1-4H3. The summed E-state index contributed by atoms with van der Waals surface area (Å²) in [5.74, 6) is 0.796. The molecule has 4 heteroatoms. The van der Waals surface area contributed by atoms with E-state index in [1.54, 1.807) is 18.1 Å². The van der Waals surface area contributed by atoms with Crippen LogP contribution in [0.2, 0.25) is 0 Å². The predicted molar refractivity (Wildman–Crippen MR) is 76.4 cm³/mol. The van der Waals surface area contributed by atoms with E-state index in [-0.39, 0.29) is 11.9 Å². The summed E-state index contributed by atoms with van der Waals surface area (Å²) in [6.07, 6.45) is 3.54. The number of aryl methyl sites for hydroxylation is 1. The molecule has 2 aromatic rings. The molecule has 2 rings (SSSR count). The van der Waals surface area contributed by atoms with Crippen molar-refractivity contribution in [3.63, 3.8) is 0 Å². The molecule has 0 aliphatic rings. The number of rotatable bonds is 3. The van der Waals surface area contributed by atoms with Crippen molar-refractivity contribution in [3.05, 3.63) is 42.2 Å². The van der Waals surface area contributed by atoms with Gasteiger partial charge in [-0.1, -0.05) is 24.3 Å². The normalized spacial score (nSPS) is 10.8. The average molecular weight is 257 g/mol. The van der Waals surface area contributed by atoms with Crippen LogP contribution >= 0.6 is 0 Å². The lowest BCUT2D eigenvalue weighted by Gasteiger charge is -2.28. The van der Waals surface area contributed by atoms with Gasteiger partial charge in [0.2, 0.25) is 5.91 Å². The van der Waals surface area contributed by atoms with Crippen LogP contribution in [-0.4, -0.2) is 21.6 Å². The van der Waals surface area contributed by atoms with E-state index < -0.39 is 0 Å². The maximum Gasteiger partial charge on any atom is 0.238 e.